The Morgan fingerprint density at radius 1 is 1.37 bits per heavy atom. The molecule has 1 saturated heterocycles. The fraction of sp³-hybridized carbons (Fsp3) is 0.538. The van der Waals surface area contributed by atoms with Gasteiger partial charge >= 0.3 is 0 Å². The molecule has 0 radical (unpaired) electrons. The molecular weight excluding hydrogens is 399 g/mol. The smallest absolute Gasteiger partial charge is 0.150 e. The fourth-order valence-corrected chi connectivity index (χ4v) is 5.76. The minimum atomic E-state index is -2.86. The molecular formula is C13H15Br2FO2S. The second-order valence-electron chi connectivity index (χ2n) is 5.06. The Hall–Kier alpha value is 0.0600. The maximum absolute atomic E-state index is 13.3. The zero-order valence-corrected chi connectivity index (χ0v) is 14.3. The Balaban J connectivity index is 2.11. The molecule has 1 aromatic rings. The second-order valence-corrected chi connectivity index (χ2v) is 8.85. The number of benzene rings is 1. The lowest BCUT2D eigenvalue weighted by Gasteiger charge is -2.20. The van der Waals surface area contributed by atoms with Gasteiger partial charge in [-0.15, -0.1) is 0 Å². The Morgan fingerprint density at radius 2 is 2.11 bits per heavy atom. The lowest BCUT2D eigenvalue weighted by Crippen LogP contribution is -2.20. The van der Waals surface area contributed by atoms with Crippen LogP contribution in [0.1, 0.15) is 12.0 Å². The normalized spacial score (nSPS) is 23.4. The summed E-state index contributed by atoms with van der Waals surface area (Å²) in [4.78, 5) is 0. The first kappa shape index (κ1) is 15.4. The van der Waals surface area contributed by atoms with Gasteiger partial charge in [0.05, 0.1) is 11.5 Å². The first-order chi connectivity index (χ1) is 8.89. The maximum atomic E-state index is 13.3. The van der Waals surface area contributed by atoms with E-state index in [9.17, 15) is 12.8 Å². The van der Waals surface area contributed by atoms with Gasteiger partial charge in [-0.1, -0.05) is 31.9 Å². The van der Waals surface area contributed by atoms with Crippen molar-refractivity contribution in [3.63, 3.8) is 0 Å². The molecule has 0 spiro atoms. The van der Waals surface area contributed by atoms with Crippen molar-refractivity contribution in [2.75, 3.05) is 16.8 Å². The van der Waals surface area contributed by atoms with Crippen LogP contribution in [0.3, 0.4) is 0 Å². The highest BCUT2D eigenvalue weighted by molar-refractivity contribution is 9.10. The third-order valence-electron chi connectivity index (χ3n) is 3.55. The van der Waals surface area contributed by atoms with E-state index in [-0.39, 0.29) is 29.2 Å². The summed E-state index contributed by atoms with van der Waals surface area (Å²) in [7, 11) is -2.86. The zero-order valence-electron chi connectivity index (χ0n) is 10.3. The second kappa shape index (κ2) is 6.22. The Labute approximate surface area is 130 Å². The van der Waals surface area contributed by atoms with E-state index in [0.29, 0.717) is 6.42 Å². The van der Waals surface area contributed by atoms with E-state index in [1.54, 1.807) is 0 Å². The average molecular weight is 414 g/mol. The van der Waals surface area contributed by atoms with Crippen LogP contribution < -0.4 is 0 Å². The van der Waals surface area contributed by atoms with E-state index < -0.39 is 9.84 Å². The van der Waals surface area contributed by atoms with Gasteiger partial charge in [0.15, 0.2) is 9.84 Å². The number of hydrogen-bond acceptors (Lipinski definition) is 2. The number of alkyl halides is 1. The van der Waals surface area contributed by atoms with Crippen LogP contribution in [-0.2, 0) is 16.3 Å². The summed E-state index contributed by atoms with van der Waals surface area (Å²) in [6.07, 6.45) is 1.41. The van der Waals surface area contributed by atoms with E-state index >= 15 is 0 Å². The van der Waals surface area contributed by atoms with Gasteiger partial charge in [-0.3, -0.25) is 0 Å². The van der Waals surface area contributed by atoms with Crippen LogP contribution in [0.2, 0.25) is 0 Å². The van der Waals surface area contributed by atoms with Gasteiger partial charge in [-0.2, -0.15) is 0 Å². The van der Waals surface area contributed by atoms with E-state index in [4.69, 9.17) is 0 Å². The summed E-state index contributed by atoms with van der Waals surface area (Å²) in [6.45, 7) is 0. The molecule has 2 nitrogen and oxygen atoms in total. The number of halogens is 3. The van der Waals surface area contributed by atoms with Crippen molar-refractivity contribution in [2.45, 2.75) is 12.8 Å². The Morgan fingerprint density at radius 3 is 2.63 bits per heavy atom. The fourth-order valence-electron chi connectivity index (χ4n) is 2.57. The van der Waals surface area contributed by atoms with Gasteiger partial charge in [0.2, 0.25) is 0 Å². The molecule has 19 heavy (non-hydrogen) atoms. The summed E-state index contributed by atoms with van der Waals surface area (Å²) in [5.74, 6) is 0.683. The highest BCUT2D eigenvalue weighted by atomic mass is 79.9. The van der Waals surface area contributed by atoms with Crippen LogP contribution in [0.4, 0.5) is 4.39 Å². The van der Waals surface area contributed by atoms with Crippen LogP contribution in [-0.4, -0.2) is 25.3 Å². The molecule has 1 fully saturated rings. The van der Waals surface area contributed by atoms with Crippen molar-refractivity contribution in [1.29, 1.82) is 0 Å². The van der Waals surface area contributed by atoms with Crippen molar-refractivity contribution >= 4 is 41.7 Å². The van der Waals surface area contributed by atoms with Gasteiger partial charge in [-0.05, 0) is 48.4 Å². The lowest BCUT2D eigenvalue weighted by atomic mass is 9.88. The van der Waals surface area contributed by atoms with E-state index in [2.05, 4.69) is 31.9 Å². The Bertz CT molecular complexity index is 540. The molecule has 0 aromatic heterocycles. The average Bonchev–Trinajstić information content (AvgIpc) is 2.65. The minimum Gasteiger partial charge on any atom is -0.229 e. The topological polar surface area (TPSA) is 34.1 Å². The summed E-state index contributed by atoms with van der Waals surface area (Å²) in [5, 5.41) is 0.737. The Kier molecular flexibility index (Phi) is 5.06. The van der Waals surface area contributed by atoms with Crippen LogP contribution in [0.15, 0.2) is 22.7 Å². The molecule has 2 unspecified atom stereocenters. The quantitative estimate of drug-likeness (QED) is 0.707. The third kappa shape index (κ3) is 4.26. The summed E-state index contributed by atoms with van der Waals surface area (Å²) in [6, 6.07) is 4.83. The molecule has 0 bridgehead atoms. The first-order valence-corrected chi connectivity index (χ1v) is 9.84. The molecule has 2 atom stereocenters. The molecule has 1 aliphatic heterocycles. The van der Waals surface area contributed by atoms with E-state index in [1.807, 2.05) is 6.07 Å². The first-order valence-electron chi connectivity index (χ1n) is 6.11. The van der Waals surface area contributed by atoms with Gasteiger partial charge in [0, 0.05) is 9.80 Å². The molecule has 0 aliphatic carbocycles. The zero-order chi connectivity index (χ0) is 14.0. The van der Waals surface area contributed by atoms with Gasteiger partial charge in [0.1, 0.15) is 5.82 Å². The highest BCUT2D eigenvalue weighted by Gasteiger charge is 2.33. The van der Waals surface area contributed by atoms with Crippen molar-refractivity contribution in [1.82, 2.24) is 0 Å². The van der Waals surface area contributed by atoms with Crippen molar-refractivity contribution < 1.29 is 12.8 Å². The molecule has 0 saturated carbocycles. The molecule has 1 aromatic carbocycles. The van der Waals surface area contributed by atoms with Crippen molar-refractivity contribution in [3.8, 4) is 0 Å². The van der Waals surface area contributed by atoms with Gasteiger partial charge < -0.3 is 0 Å². The van der Waals surface area contributed by atoms with Crippen LogP contribution in [0.25, 0.3) is 0 Å². The van der Waals surface area contributed by atoms with E-state index in [0.717, 1.165) is 21.8 Å². The lowest BCUT2D eigenvalue weighted by molar-refractivity contribution is 0.401. The largest absolute Gasteiger partial charge is 0.229 e. The van der Waals surface area contributed by atoms with Crippen molar-refractivity contribution in [3.05, 3.63) is 34.1 Å². The van der Waals surface area contributed by atoms with Gasteiger partial charge in [-0.25, -0.2) is 12.8 Å². The summed E-state index contributed by atoms with van der Waals surface area (Å²) < 4.78 is 37.1. The molecule has 2 rings (SSSR count). The predicted molar refractivity (Wildman–Crippen MR) is 81.8 cm³/mol. The standard InChI is InChI=1S/C13H15Br2FO2S/c14-7-11(10-1-2-19(17,18)8-10)3-9-4-12(15)6-13(16)5-9/h4-6,10-11H,1-3,7-8H2. The molecule has 6 heteroatoms. The SMILES string of the molecule is O=S1(=O)CCC(C(CBr)Cc2cc(F)cc(Br)c2)C1. The molecule has 106 valence electrons. The highest BCUT2D eigenvalue weighted by Crippen LogP contribution is 2.30. The monoisotopic (exact) mass is 412 g/mol. The molecule has 0 N–H and O–H groups in total. The summed E-state index contributed by atoms with van der Waals surface area (Å²) in [5.41, 5.74) is 0.903. The number of hydrogen-bond donors (Lipinski definition) is 0. The van der Waals surface area contributed by atoms with Crippen LogP contribution >= 0.6 is 31.9 Å². The molecule has 0 amide bonds. The number of sulfone groups is 1. The van der Waals surface area contributed by atoms with Gasteiger partial charge in [0.25, 0.3) is 0 Å². The van der Waals surface area contributed by atoms with Crippen LogP contribution in [0.5, 0.6) is 0 Å². The molecule has 1 heterocycles. The van der Waals surface area contributed by atoms with Crippen molar-refractivity contribution in [2.24, 2.45) is 11.8 Å². The summed E-state index contributed by atoms with van der Waals surface area (Å²) >= 11 is 6.74. The predicted octanol–water partition coefficient (Wildman–Crippen LogP) is 3.58. The third-order valence-corrected chi connectivity index (χ3v) is 6.64. The minimum absolute atomic E-state index is 0.173. The van der Waals surface area contributed by atoms with E-state index in [1.165, 1.54) is 12.1 Å². The van der Waals surface area contributed by atoms with Crippen LogP contribution in [0, 0.1) is 17.7 Å². The molecule has 1 aliphatic rings. The number of rotatable bonds is 4. The maximum Gasteiger partial charge on any atom is 0.150 e.